The number of rotatable bonds is 1. The third kappa shape index (κ3) is 1.74. The van der Waals surface area contributed by atoms with Crippen LogP contribution < -0.4 is 4.57 Å². The summed E-state index contributed by atoms with van der Waals surface area (Å²) in [5, 5.41) is 0. The second kappa shape index (κ2) is 4.20. The minimum Gasteiger partial charge on any atom is -0.193 e. The van der Waals surface area contributed by atoms with Crippen LogP contribution in [0.2, 0.25) is 0 Å². The van der Waals surface area contributed by atoms with Gasteiger partial charge in [0.25, 0.3) is 0 Å². The van der Waals surface area contributed by atoms with Gasteiger partial charge in [-0.3, -0.25) is 0 Å². The summed E-state index contributed by atoms with van der Waals surface area (Å²) in [6.07, 6.45) is 9.43. The van der Waals surface area contributed by atoms with Gasteiger partial charge in [-0.05, 0) is 24.5 Å². The maximum Gasteiger partial charge on any atom is 0.212 e. The Kier molecular flexibility index (Phi) is 2.37. The van der Waals surface area contributed by atoms with E-state index in [9.17, 15) is 0 Å². The standard InChI is InChI=1S/C18H16N/c1-2-6-14(7-3-1)15-10-11-18-17-9-5-4-8-16(17)13-19(18)12-15/h1-3,6-12H,4-5,13H2/q+1. The third-order valence-electron chi connectivity index (χ3n) is 4.00. The van der Waals surface area contributed by atoms with Crippen molar-refractivity contribution in [2.75, 3.05) is 0 Å². The van der Waals surface area contributed by atoms with Crippen molar-refractivity contribution in [3.8, 4) is 11.1 Å². The molecular weight excluding hydrogens is 230 g/mol. The van der Waals surface area contributed by atoms with Crippen LogP contribution in [0.4, 0.5) is 0 Å². The number of aromatic nitrogens is 1. The highest BCUT2D eigenvalue weighted by molar-refractivity contribution is 5.78. The second-order valence-corrected chi connectivity index (χ2v) is 5.22. The highest BCUT2D eigenvalue weighted by Gasteiger charge is 2.29. The Morgan fingerprint density at radius 1 is 0.789 bits per heavy atom. The zero-order valence-corrected chi connectivity index (χ0v) is 10.8. The average Bonchev–Trinajstić information content (AvgIpc) is 2.86. The van der Waals surface area contributed by atoms with Crippen molar-refractivity contribution in [2.24, 2.45) is 0 Å². The van der Waals surface area contributed by atoms with E-state index < -0.39 is 0 Å². The van der Waals surface area contributed by atoms with Crippen LogP contribution in [0.5, 0.6) is 0 Å². The van der Waals surface area contributed by atoms with Crippen LogP contribution >= 0.6 is 0 Å². The van der Waals surface area contributed by atoms with Gasteiger partial charge in [-0.1, -0.05) is 42.5 Å². The zero-order valence-electron chi connectivity index (χ0n) is 10.8. The summed E-state index contributed by atoms with van der Waals surface area (Å²) in [7, 11) is 0. The van der Waals surface area contributed by atoms with Gasteiger partial charge in [-0.25, -0.2) is 0 Å². The highest BCUT2D eigenvalue weighted by atomic mass is 15.0. The number of hydrogen-bond donors (Lipinski definition) is 0. The molecule has 0 saturated heterocycles. The van der Waals surface area contributed by atoms with E-state index in [-0.39, 0.29) is 0 Å². The first-order chi connectivity index (χ1) is 9.42. The van der Waals surface area contributed by atoms with Gasteiger partial charge in [-0.15, -0.1) is 0 Å². The minimum atomic E-state index is 1.03. The Balaban J connectivity index is 1.82. The molecule has 1 aliphatic carbocycles. The molecule has 0 amide bonds. The molecule has 2 aromatic rings. The fourth-order valence-electron chi connectivity index (χ4n) is 3.05. The van der Waals surface area contributed by atoms with Crippen LogP contribution in [0.3, 0.4) is 0 Å². The fourth-order valence-corrected chi connectivity index (χ4v) is 3.05. The molecule has 0 unspecified atom stereocenters. The Morgan fingerprint density at radius 2 is 1.63 bits per heavy atom. The van der Waals surface area contributed by atoms with Gasteiger partial charge in [0.15, 0.2) is 12.7 Å². The SMILES string of the molecule is C1=C2C[n+]3cc(-c4ccccc4)ccc3C2=CCC1. The van der Waals surface area contributed by atoms with Gasteiger partial charge in [-0.2, -0.15) is 4.57 Å². The molecule has 0 radical (unpaired) electrons. The van der Waals surface area contributed by atoms with E-state index in [2.05, 4.69) is 65.4 Å². The van der Waals surface area contributed by atoms with E-state index in [1.165, 1.54) is 40.8 Å². The monoisotopic (exact) mass is 246 g/mol. The molecule has 1 aromatic carbocycles. The van der Waals surface area contributed by atoms with Gasteiger partial charge in [0, 0.05) is 17.2 Å². The lowest BCUT2D eigenvalue weighted by Gasteiger charge is -2.02. The van der Waals surface area contributed by atoms with E-state index >= 15 is 0 Å². The molecule has 19 heavy (non-hydrogen) atoms. The fraction of sp³-hybridized carbons (Fsp3) is 0.167. The Bertz CT molecular complexity index is 693. The summed E-state index contributed by atoms with van der Waals surface area (Å²) in [5.41, 5.74) is 6.90. The first-order valence-electron chi connectivity index (χ1n) is 6.91. The van der Waals surface area contributed by atoms with Gasteiger partial charge < -0.3 is 0 Å². The maximum atomic E-state index is 2.39. The van der Waals surface area contributed by atoms with E-state index in [4.69, 9.17) is 0 Å². The number of benzene rings is 1. The first-order valence-corrected chi connectivity index (χ1v) is 6.91. The highest BCUT2D eigenvalue weighted by Crippen LogP contribution is 2.32. The van der Waals surface area contributed by atoms with E-state index in [1.54, 1.807) is 0 Å². The average molecular weight is 246 g/mol. The van der Waals surface area contributed by atoms with E-state index in [1.807, 2.05) is 0 Å². The molecule has 1 heteroatoms. The predicted octanol–water partition coefficient (Wildman–Crippen LogP) is 3.76. The maximum absolute atomic E-state index is 2.39. The van der Waals surface area contributed by atoms with Crippen LogP contribution in [-0.2, 0) is 6.54 Å². The van der Waals surface area contributed by atoms with Crippen molar-refractivity contribution in [1.29, 1.82) is 0 Å². The molecule has 0 spiro atoms. The topological polar surface area (TPSA) is 3.88 Å². The van der Waals surface area contributed by atoms with E-state index in [0.29, 0.717) is 0 Å². The Hall–Kier alpha value is -2.15. The molecule has 0 atom stereocenters. The summed E-state index contributed by atoms with van der Waals surface area (Å²) in [5.74, 6) is 0. The zero-order chi connectivity index (χ0) is 12.7. The van der Waals surface area contributed by atoms with Crippen LogP contribution in [0, 0.1) is 0 Å². The van der Waals surface area contributed by atoms with Crippen molar-refractivity contribution >= 4 is 5.57 Å². The lowest BCUT2D eigenvalue weighted by molar-refractivity contribution is -0.683. The summed E-state index contributed by atoms with van der Waals surface area (Å²) in [6.45, 7) is 1.03. The molecule has 0 N–H and O–H groups in total. The van der Waals surface area contributed by atoms with Gasteiger partial charge >= 0.3 is 0 Å². The van der Waals surface area contributed by atoms with Crippen molar-refractivity contribution < 1.29 is 4.57 Å². The largest absolute Gasteiger partial charge is 0.212 e. The lowest BCUT2D eigenvalue weighted by Crippen LogP contribution is -2.32. The number of fused-ring (bicyclic) bond motifs is 3. The Labute approximate surface area is 113 Å². The van der Waals surface area contributed by atoms with Crippen LogP contribution in [-0.4, -0.2) is 0 Å². The molecule has 4 rings (SSSR count). The molecule has 0 bridgehead atoms. The quantitative estimate of drug-likeness (QED) is 0.675. The smallest absolute Gasteiger partial charge is 0.193 e. The molecule has 1 nitrogen and oxygen atoms in total. The first kappa shape index (κ1) is 10.7. The summed E-state index contributed by atoms with van der Waals surface area (Å²) in [6, 6.07) is 15.1. The third-order valence-corrected chi connectivity index (χ3v) is 4.00. The summed E-state index contributed by atoms with van der Waals surface area (Å²) < 4.78 is 2.38. The van der Waals surface area contributed by atoms with Crippen molar-refractivity contribution in [3.05, 3.63) is 72.1 Å². The van der Waals surface area contributed by atoms with Crippen LogP contribution in [0.25, 0.3) is 16.7 Å². The number of nitrogens with zero attached hydrogens (tertiary/aromatic N) is 1. The van der Waals surface area contributed by atoms with Crippen LogP contribution in [0.15, 0.2) is 66.4 Å². The van der Waals surface area contributed by atoms with Crippen molar-refractivity contribution in [3.63, 3.8) is 0 Å². The van der Waals surface area contributed by atoms with Crippen LogP contribution in [0.1, 0.15) is 18.5 Å². The summed E-state index contributed by atoms with van der Waals surface area (Å²) >= 11 is 0. The van der Waals surface area contributed by atoms with Gasteiger partial charge in [0.05, 0.1) is 5.57 Å². The number of hydrogen-bond acceptors (Lipinski definition) is 0. The normalized spacial score (nSPS) is 16.4. The number of allylic oxidation sites excluding steroid dienone is 4. The second-order valence-electron chi connectivity index (χ2n) is 5.22. The minimum absolute atomic E-state index is 1.03. The molecule has 0 fully saturated rings. The van der Waals surface area contributed by atoms with Crippen molar-refractivity contribution in [2.45, 2.75) is 19.4 Å². The molecule has 1 aromatic heterocycles. The van der Waals surface area contributed by atoms with Gasteiger partial charge in [0.2, 0.25) is 5.69 Å². The molecule has 1 aliphatic heterocycles. The molecule has 92 valence electrons. The molecule has 0 saturated carbocycles. The van der Waals surface area contributed by atoms with Gasteiger partial charge in [0.1, 0.15) is 0 Å². The van der Waals surface area contributed by atoms with Crippen molar-refractivity contribution in [1.82, 2.24) is 0 Å². The molecule has 2 aliphatic rings. The molecule has 2 heterocycles. The Morgan fingerprint density at radius 3 is 2.53 bits per heavy atom. The van der Waals surface area contributed by atoms with E-state index in [0.717, 1.165) is 6.54 Å². The summed E-state index contributed by atoms with van der Waals surface area (Å²) in [4.78, 5) is 0. The predicted molar refractivity (Wildman–Crippen MR) is 77.4 cm³/mol. The molecular formula is C18H16N+. The lowest BCUT2D eigenvalue weighted by atomic mass is 9.98. The number of pyridine rings is 1.